The second-order valence-electron chi connectivity index (χ2n) is 6.20. The predicted molar refractivity (Wildman–Crippen MR) is 102 cm³/mol. The Morgan fingerprint density at radius 2 is 2.04 bits per heavy atom. The number of ether oxygens (including phenoxy) is 1. The summed E-state index contributed by atoms with van der Waals surface area (Å²) in [4.78, 5) is 12.6. The Morgan fingerprint density at radius 3 is 2.64 bits per heavy atom. The summed E-state index contributed by atoms with van der Waals surface area (Å²) in [7, 11) is 3.35. The average Bonchev–Trinajstić information content (AvgIpc) is 2.99. The fraction of sp³-hybridized carbons (Fsp3) is 0.429. The molecule has 2 rings (SSSR count). The number of methoxy groups -OCH3 is 1. The van der Waals surface area contributed by atoms with E-state index in [4.69, 9.17) is 4.74 Å². The number of hydrogen-bond acceptors (Lipinski definition) is 4. The van der Waals surface area contributed by atoms with Crippen molar-refractivity contribution in [2.24, 2.45) is 11.0 Å². The topological polar surface area (TPSA) is 41.9 Å². The van der Waals surface area contributed by atoms with Gasteiger partial charge >= 0.3 is 5.97 Å². The number of hydrazone groups is 1. The summed E-state index contributed by atoms with van der Waals surface area (Å²) in [5.74, 6) is -0.683. The van der Waals surface area contributed by atoms with E-state index in [0.717, 1.165) is 23.3 Å². The van der Waals surface area contributed by atoms with Gasteiger partial charge in [0.15, 0.2) is 0 Å². The first kappa shape index (κ1) is 19.0. The van der Waals surface area contributed by atoms with Gasteiger partial charge in [0.2, 0.25) is 0 Å². The summed E-state index contributed by atoms with van der Waals surface area (Å²) < 4.78 is 5.10. The lowest BCUT2D eigenvalue weighted by Gasteiger charge is -2.25. The van der Waals surface area contributed by atoms with Crippen LogP contribution in [0.15, 0.2) is 59.2 Å². The van der Waals surface area contributed by atoms with Crippen molar-refractivity contribution in [3.63, 3.8) is 0 Å². The number of carbonyl (C=O) groups excluding carboxylic acids is 1. The second-order valence-corrected chi connectivity index (χ2v) is 6.20. The van der Waals surface area contributed by atoms with Crippen LogP contribution in [0.1, 0.15) is 38.7 Å². The smallest absolute Gasteiger partial charge is 0.317 e. The molecule has 1 aliphatic heterocycles. The molecule has 0 N–H and O–H groups in total. The van der Waals surface area contributed by atoms with Crippen LogP contribution < -0.4 is 0 Å². The lowest BCUT2D eigenvalue weighted by Crippen LogP contribution is -2.38. The highest BCUT2D eigenvalue weighted by molar-refractivity contribution is 6.13. The quantitative estimate of drug-likeness (QED) is 0.425. The number of allylic oxidation sites excluding steroid dienone is 2. The molecular formula is C21H28N2O2. The maximum Gasteiger partial charge on any atom is 0.317 e. The number of nitrogens with zero attached hydrogens (tertiary/aromatic N) is 2. The summed E-state index contributed by atoms with van der Waals surface area (Å²) in [6.07, 6.45) is 9.74. The number of rotatable bonds is 7. The van der Waals surface area contributed by atoms with Crippen LogP contribution in [0, 0.1) is 5.92 Å². The molecule has 0 aromatic heterocycles. The van der Waals surface area contributed by atoms with Gasteiger partial charge in [-0.2, -0.15) is 5.10 Å². The third-order valence-corrected chi connectivity index (χ3v) is 4.51. The molecule has 4 nitrogen and oxygen atoms in total. The molecule has 2 unspecified atom stereocenters. The van der Waals surface area contributed by atoms with Crippen LogP contribution in [0.5, 0.6) is 0 Å². The van der Waals surface area contributed by atoms with E-state index < -0.39 is 5.92 Å². The Morgan fingerprint density at radius 1 is 1.32 bits per heavy atom. The summed E-state index contributed by atoms with van der Waals surface area (Å²) in [5, 5.41) is 6.56. The molecule has 0 aliphatic carbocycles. The van der Waals surface area contributed by atoms with E-state index in [9.17, 15) is 4.79 Å². The SMILES string of the molecule is C/C=C(\C=C/CCCC)C1C(C(=O)OC)C(c2ccccc2)=NN1C. The van der Waals surface area contributed by atoms with Gasteiger partial charge in [-0.25, -0.2) is 0 Å². The molecule has 1 aromatic rings. The largest absolute Gasteiger partial charge is 0.468 e. The van der Waals surface area contributed by atoms with E-state index in [-0.39, 0.29) is 12.0 Å². The van der Waals surface area contributed by atoms with E-state index in [1.807, 2.05) is 49.3 Å². The molecule has 0 radical (unpaired) electrons. The Balaban J connectivity index is 2.34. The zero-order chi connectivity index (χ0) is 18.2. The summed E-state index contributed by atoms with van der Waals surface area (Å²) in [6, 6.07) is 9.70. The Hall–Kier alpha value is -2.36. The molecule has 0 amide bonds. The van der Waals surface area contributed by atoms with Gasteiger partial charge in [-0.15, -0.1) is 0 Å². The van der Waals surface area contributed by atoms with Crippen molar-refractivity contribution in [1.82, 2.24) is 5.01 Å². The van der Waals surface area contributed by atoms with Crippen molar-refractivity contribution >= 4 is 11.7 Å². The molecule has 1 heterocycles. The van der Waals surface area contributed by atoms with Gasteiger partial charge in [-0.3, -0.25) is 9.80 Å². The second kappa shape index (κ2) is 9.21. The fourth-order valence-corrected chi connectivity index (χ4v) is 3.19. The number of likely N-dealkylation sites (N-methyl/N-ethyl adjacent to an activating group) is 1. The molecular weight excluding hydrogens is 312 g/mol. The maximum atomic E-state index is 12.6. The first-order valence-electron chi connectivity index (χ1n) is 8.91. The van der Waals surface area contributed by atoms with Crippen LogP contribution in [0.3, 0.4) is 0 Å². The number of carbonyl (C=O) groups is 1. The van der Waals surface area contributed by atoms with Crippen LogP contribution in [-0.2, 0) is 9.53 Å². The van der Waals surface area contributed by atoms with Gasteiger partial charge in [-0.1, -0.05) is 68.3 Å². The molecule has 2 atom stereocenters. The molecule has 0 saturated heterocycles. The lowest BCUT2D eigenvalue weighted by atomic mass is 9.86. The monoisotopic (exact) mass is 340 g/mol. The first-order valence-corrected chi connectivity index (χ1v) is 8.91. The normalized spacial score (nSPS) is 20.9. The Bertz CT molecular complexity index is 662. The average molecular weight is 340 g/mol. The molecule has 0 spiro atoms. The van der Waals surface area contributed by atoms with Crippen molar-refractivity contribution < 1.29 is 9.53 Å². The van der Waals surface area contributed by atoms with Crippen LogP contribution in [0.2, 0.25) is 0 Å². The highest BCUT2D eigenvalue weighted by Gasteiger charge is 2.43. The van der Waals surface area contributed by atoms with Crippen LogP contribution in [0.25, 0.3) is 0 Å². The highest BCUT2D eigenvalue weighted by atomic mass is 16.5. The van der Waals surface area contributed by atoms with Crippen LogP contribution in [0.4, 0.5) is 0 Å². The van der Waals surface area contributed by atoms with Gasteiger partial charge < -0.3 is 4.74 Å². The zero-order valence-electron chi connectivity index (χ0n) is 15.6. The van der Waals surface area contributed by atoms with Gasteiger partial charge in [0, 0.05) is 7.05 Å². The molecule has 0 bridgehead atoms. The van der Waals surface area contributed by atoms with E-state index in [1.54, 1.807) is 0 Å². The minimum Gasteiger partial charge on any atom is -0.468 e. The Kier molecular flexibility index (Phi) is 6.99. The molecule has 4 heteroatoms. The minimum atomic E-state index is -0.431. The number of esters is 1. The van der Waals surface area contributed by atoms with Crippen molar-refractivity contribution in [3.8, 4) is 0 Å². The third-order valence-electron chi connectivity index (χ3n) is 4.51. The predicted octanol–water partition coefficient (Wildman–Crippen LogP) is 4.19. The van der Waals surface area contributed by atoms with E-state index in [2.05, 4.69) is 30.3 Å². The summed E-state index contributed by atoms with van der Waals surface area (Å²) >= 11 is 0. The first-order chi connectivity index (χ1) is 12.1. The zero-order valence-corrected chi connectivity index (χ0v) is 15.6. The van der Waals surface area contributed by atoms with Gasteiger partial charge in [0.1, 0.15) is 5.92 Å². The van der Waals surface area contributed by atoms with Gasteiger partial charge in [-0.05, 0) is 24.5 Å². The van der Waals surface area contributed by atoms with Gasteiger partial charge in [0.25, 0.3) is 0 Å². The van der Waals surface area contributed by atoms with Crippen LogP contribution >= 0.6 is 0 Å². The highest BCUT2D eigenvalue weighted by Crippen LogP contribution is 2.31. The van der Waals surface area contributed by atoms with Crippen molar-refractivity contribution in [1.29, 1.82) is 0 Å². The molecule has 0 saturated carbocycles. The lowest BCUT2D eigenvalue weighted by molar-refractivity contribution is -0.143. The minimum absolute atomic E-state index is 0.148. The molecule has 1 aliphatic rings. The Labute approximate surface area is 150 Å². The molecule has 0 fully saturated rings. The fourth-order valence-electron chi connectivity index (χ4n) is 3.19. The van der Waals surface area contributed by atoms with E-state index in [0.29, 0.717) is 0 Å². The van der Waals surface area contributed by atoms with Crippen LogP contribution in [-0.4, -0.2) is 36.9 Å². The van der Waals surface area contributed by atoms with Gasteiger partial charge in [0.05, 0.1) is 18.9 Å². The molecule has 1 aromatic carbocycles. The van der Waals surface area contributed by atoms with Crippen molar-refractivity contribution in [3.05, 3.63) is 59.7 Å². The maximum absolute atomic E-state index is 12.6. The number of benzene rings is 1. The molecule has 25 heavy (non-hydrogen) atoms. The summed E-state index contributed by atoms with van der Waals surface area (Å²) in [5.41, 5.74) is 2.81. The van der Waals surface area contributed by atoms with Crippen molar-refractivity contribution in [2.75, 3.05) is 14.2 Å². The van der Waals surface area contributed by atoms with E-state index >= 15 is 0 Å². The summed E-state index contributed by atoms with van der Waals surface area (Å²) in [6.45, 7) is 4.19. The number of unbranched alkanes of at least 4 members (excludes halogenated alkanes) is 2. The van der Waals surface area contributed by atoms with Crippen molar-refractivity contribution in [2.45, 2.75) is 39.2 Å². The molecule has 134 valence electrons. The number of hydrogen-bond donors (Lipinski definition) is 0. The van der Waals surface area contributed by atoms with E-state index in [1.165, 1.54) is 20.0 Å². The standard InChI is InChI=1S/C21H28N2O2/c1-5-7-8-10-13-16(6-2)20-18(21(24)25-4)19(22-23(20)3)17-14-11-9-12-15-17/h6,9-15,18,20H,5,7-8H2,1-4H3/b13-10-,16-6+. The third kappa shape index (κ3) is 4.38.